The number of halogens is 3. The van der Waals surface area contributed by atoms with Gasteiger partial charge in [-0.05, 0) is 43.2 Å². The van der Waals surface area contributed by atoms with Crippen molar-refractivity contribution in [2.75, 3.05) is 18.4 Å². The van der Waals surface area contributed by atoms with E-state index in [2.05, 4.69) is 5.32 Å². The van der Waals surface area contributed by atoms with Gasteiger partial charge in [-0.15, -0.1) is 0 Å². The van der Waals surface area contributed by atoms with Crippen molar-refractivity contribution in [3.8, 4) is 0 Å². The minimum atomic E-state index is -0.902. The summed E-state index contributed by atoms with van der Waals surface area (Å²) in [6.07, 6.45) is 0.825. The van der Waals surface area contributed by atoms with Crippen molar-refractivity contribution in [1.29, 1.82) is 0 Å². The Balaban J connectivity index is 1.58. The molecule has 0 radical (unpaired) electrons. The second kappa shape index (κ2) is 7.59. The second-order valence-corrected chi connectivity index (χ2v) is 6.19. The van der Waals surface area contributed by atoms with Crippen molar-refractivity contribution < 1.29 is 22.8 Å². The van der Waals surface area contributed by atoms with Gasteiger partial charge in [0.1, 0.15) is 17.5 Å². The summed E-state index contributed by atoms with van der Waals surface area (Å²) < 4.78 is 39.9. The minimum Gasteiger partial charge on any atom is -0.339 e. The van der Waals surface area contributed by atoms with E-state index in [1.54, 1.807) is 6.07 Å². The SMILES string of the molecule is O=C(Nc1cccc(F)c1)C1CCN(C(=O)c2ccc(F)cc2F)CC1. The number of hydrogen-bond donors (Lipinski definition) is 1. The Kier molecular flexibility index (Phi) is 5.25. The van der Waals surface area contributed by atoms with Crippen molar-refractivity contribution in [3.05, 3.63) is 65.5 Å². The number of carbonyl (C=O) groups excluding carboxylic acids is 2. The van der Waals surface area contributed by atoms with Crippen LogP contribution in [0.3, 0.4) is 0 Å². The predicted molar refractivity (Wildman–Crippen MR) is 90.0 cm³/mol. The topological polar surface area (TPSA) is 49.4 Å². The third-order valence-electron chi connectivity index (χ3n) is 4.41. The Bertz CT molecular complexity index is 833. The second-order valence-electron chi connectivity index (χ2n) is 6.19. The molecule has 2 amide bonds. The number of rotatable bonds is 3. The summed E-state index contributed by atoms with van der Waals surface area (Å²) in [5.74, 6) is -3.17. The fourth-order valence-electron chi connectivity index (χ4n) is 2.99. The normalized spacial score (nSPS) is 15.0. The fourth-order valence-corrected chi connectivity index (χ4v) is 2.99. The molecule has 136 valence electrons. The highest BCUT2D eigenvalue weighted by Gasteiger charge is 2.29. The van der Waals surface area contributed by atoms with Crippen LogP contribution < -0.4 is 5.32 Å². The molecule has 0 bridgehead atoms. The van der Waals surface area contributed by atoms with Gasteiger partial charge in [0.15, 0.2) is 0 Å². The molecule has 26 heavy (non-hydrogen) atoms. The van der Waals surface area contributed by atoms with Gasteiger partial charge in [-0.2, -0.15) is 0 Å². The van der Waals surface area contributed by atoms with Gasteiger partial charge in [-0.25, -0.2) is 13.2 Å². The zero-order valence-electron chi connectivity index (χ0n) is 13.8. The average Bonchev–Trinajstić information content (AvgIpc) is 2.61. The van der Waals surface area contributed by atoms with E-state index in [4.69, 9.17) is 0 Å². The fraction of sp³-hybridized carbons (Fsp3) is 0.263. The number of piperidine rings is 1. The third kappa shape index (κ3) is 4.04. The number of amides is 2. The first-order chi connectivity index (χ1) is 12.4. The van der Waals surface area contributed by atoms with Gasteiger partial charge < -0.3 is 10.2 Å². The van der Waals surface area contributed by atoms with E-state index in [0.717, 1.165) is 12.1 Å². The summed E-state index contributed by atoms with van der Waals surface area (Å²) in [4.78, 5) is 26.1. The van der Waals surface area contributed by atoms with E-state index < -0.39 is 23.4 Å². The summed E-state index contributed by atoms with van der Waals surface area (Å²) >= 11 is 0. The first-order valence-corrected chi connectivity index (χ1v) is 8.25. The summed E-state index contributed by atoms with van der Waals surface area (Å²) in [5, 5.41) is 2.66. The van der Waals surface area contributed by atoms with Crippen LogP contribution >= 0.6 is 0 Å². The molecule has 0 aromatic heterocycles. The molecular formula is C19H17F3N2O2. The zero-order chi connectivity index (χ0) is 18.7. The molecule has 1 fully saturated rings. The van der Waals surface area contributed by atoms with Gasteiger partial charge in [-0.3, -0.25) is 9.59 Å². The maximum absolute atomic E-state index is 13.8. The Morgan fingerprint density at radius 1 is 0.962 bits per heavy atom. The number of likely N-dealkylation sites (tertiary alicyclic amines) is 1. The van der Waals surface area contributed by atoms with Crippen molar-refractivity contribution in [2.45, 2.75) is 12.8 Å². The van der Waals surface area contributed by atoms with Gasteiger partial charge in [-0.1, -0.05) is 6.07 Å². The number of anilines is 1. The van der Waals surface area contributed by atoms with E-state index in [9.17, 15) is 22.8 Å². The lowest BCUT2D eigenvalue weighted by Crippen LogP contribution is -2.41. The van der Waals surface area contributed by atoms with E-state index in [1.165, 1.54) is 23.1 Å². The maximum Gasteiger partial charge on any atom is 0.256 e. The van der Waals surface area contributed by atoms with Gasteiger partial charge in [0.2, 0.25) is 5.91 Å². The van der Waals surface area contributed by atoms with Crippen LogP contribution in [0.4, 0.5) is 18.9 Å². The van der Waals surface area contributed by atoms with Gasteiger partial charge in [0.25, 0.3) is 5.91 Å². The van der Waals surface area contributed by atoms with E-state index in [1.807, 2.05) is 0 Å². The summed E-state index contributed by atoms with van der Waals surface area (Å²) in [6, 6.07) is 8.44. The highest BCUT2D eigenvalue weighted by molar-refractivity contribution is 5.95. The van der Waals surface area contributed by atoms with Crippen molar-refractivity contribution >= 4 is 17.5 Å². The lowest BCUT2D eigenvalue weighted by atomic mass is 9.95. The number of hydrogen-bond acceptors (Lipinski definition) is 2. The van der Waals surface area contributed by atoms with Gasteiger partial charge >= 0.3 is 0 Å². The lowest BCUT2D eigenvalue weighted by molar-refractivity contribution is -0.121. The first kappa shape index (κ1) is 18.0. The molecule has 0 saturated carbocycles. The van der Waals surface area contributed by atoms with Crippen LogP contribution in [0.5, 0.6) is 0 Å². The van der Waals surface area contributed by atoms with Gasteiger partial charge in [0.05, 0.1) is 5.56 Å². The summed E-state index contributed by atoms with van der Waals surface area (Å²) in [6.45, 7) is 0.577. The zero-order valence-corrected chi connectivity index (χ0v) is 13.8. The molecule has 1 heterocycles. The third-order valence-corrected chi connectivity index (χ3v) is 4.41. The first-order valence-electron chi connectivity index (χ1n) is 8.25. The van der Waals surface area contributed by atoms with Crippen LogP contribution in [0.1, 0.15) is 23.2 Å². The molecule has 1 aliphatic rings. The molecule has 7 heteroatoms. The molecule has 1 aliphatic heterocycles. The Morgan fingerprint density at radius 3 is 2.31 bits per heavy atom. The lowest BCUT2D eigenvalue weighted by Gasteiger charge is -2.31. The highest BCUT2D eigenvalue weighted by Crippen LogP contribution is 2.22. The highest BCUT2D eigenvalue weighted by atomic mass is 19.1. The maximum atomic E-state index is 13.8. The molecule has 0 atom stereocenters. The predicted octanol–water partition coefficient (Wildman–Crippen LogP) is 3.59. The van der Waals surface area contributed by atoms with Crippen LogP contribution in [0, 0.1) is 23.4 Å². The largest absolute Gasteiger partial charge is 0.339 e. The van der Waals surface area contributed by atoms with Crippen LogP contribution in [-0.4, -0.2) is 29.8 Å². The Morgan fingerprint density at radius 2 is 1.65 bits per heavy atom. The number of benzene rings is 2. The Hall–Kier alpha value is -2.83. The van der Waals surface area contributed by atoms with Crippen LogP contribution in [-0.2, 0) is 4.79 Å². The molecule has 0 spiro atoms. The van der Waals surface area contributed by atoms with Crippen LogP contribution in [0.2, 0.25) is 0 Å². The van der Waals surface area contributed by atoms with Gasteiger partial charge in [0, 0.05) is 30.8 Å². The monoisotopic (exact) mass is 362 g/mol. The van der Waals surface area contributed by atoms with Crippen molar-refractivity contribution in [3.63, 3.8) is 0 Å². The van der Waals surface area contributed by atoms with Crippen molar-refractivity contribution in [2.24, 2.45) is 5.92 Å². The minimum absolute atomic E-state index is 0.186. The van der Waals surface area contributed by atoms with E-state index in [0.29, 0.717) is 24.6 Å². The Labute approximate surface area is 148 Å². The van der Waals surface area contributed by atoms with Crippen molar-refractivity contribution in [1.82, 2.24) is 4.90 Å². The number of nitrogens with zero attached hydrogens (tertiary/aromatic N) is 1. The molecule has 2 aromatic carbocycles. The van der Waals surface area contributed by atoms with E-state index >= 15 is 0 Å². The smallest absolute Gasteiger partial charge is 0.256 e. The summed E-state index contributed by atoms with van der Waals surface area (Å²) in [5.41, 5.74) is 0.191. The average molecular weight is 362 g/mol. The van der Waals surface area contributed by atoms with Crippen LogP contribution in [0.25, 0.3) is 0 Å². The quantitative estimate of drug-likeness (QED) is 0.907. The molecule has 1 N–H and O–H groups in total. The van der Waals surface area contributed by atoms with E-state index in [-0.39, 0.29) is 30.5 Å². The molecule has 0 aliphatic carbocycles. The molecular weight excluding hydrogens is 345 g/mol. The number of carbonyl (C=O) groups is 2. The standard InChI is InChI=1S/C19H17F3N2O2/c20-13-2-1-3-15(10-13)23-18(25)12-6-8-24(9-7-12)19(26)16-5-4-14(21)11-17(16)22/h1-5,10-12H,6-9H2,(H,23,25). The molecule has 0 unspecified atom stereocenters. The number of nitrogens with one attached hydrogen (secondary N) is 1. The van der Waals surface area contributed by atoms with Crippen LogP contribution in [0.15, 0.2) is 42.5 Å². The molecule has 2 aromatic rings. The molecule has 1 saturated heterocycles. The summed E-state index contributed by atoms with van der Waals surface area (Å²) in [7, 11) is 0. The molecule has 4 nitrogen and oxygen atoms in total. The molecule has 3 rings (SSSR count).